The van der Waals surface area contributed by atoms with Gasteiger partial charge >= 0.3 is 0 Å². The zero-order chi connectivity index (χ0) is 24.6. The minimum atomic E-state index is -3.54. The lowest BCUT2D eigenvalue weighted by Gasteiger charge is -2.31. The second kappa shape index (κ2) is 12.0. The maximum atomic E-state index is 13.2. The van der Waals surface area contributed by atoms with Gasteiger partial charge in [-0.2, -0.15) is 0 Å². The number of carbonyl (C=O) groups excluding carboxylic acids is 2. The summed E-state index contributed by atoms with van der Waals surface area (Å²) in [5.74, 6) is -0.424. The highest BCUT2D eigenvalue weighted by molar-refractivity contribution is 7.92. The molecule has 2 rings (SSSR count). The van der Waals surface area contributed by atoms with Gasteiger partial charge in [-0.15, -0.1) is 0 Å². The summed E-state index contributed by atoms with van der Waals surface area (Å²) in [6.07, 6.45) is 2.02. The summed E-state index contributed by atoms with van der Waals surface area (Å²) in [6.45, 7) is 4.29. The second-order valence-corrected chi connectivity index (χ2v) is 10.3. The van der Waals surface area contributed by atoms with Crippen LogP contribution in [-0.2, 0) is 26.2 Å². The average Bonchev–Trinajstić information content (AvgIpc) is 2.77. The summed E-state index contributed by atoms with van der Waals surface area (Å²) in [4.78, 5) is 27.2. The van der Waals surface area contributed by atoms with Gasteiger partial charge in [-0.3, -0.25) is 13.9 Å². The Morgan fingerprint density at radius 3 is 2.18 bits per heavy atom. The molecule has 0 aliphatic heterocycles. The predicted octanol–water partition coefficient (Wildman–Crippen LogP) is 3.75. The van der Waals surface area contributed by atoms with Crippen molar-refractivity contribution in [3.63, 3.8) is 0 Å². The van der Waals surface area contributed by atoms with E-state index >= 15 is 0 Å². The molecule has 1 N–H and O–H groups in total. The summed E-state index contributed by atoms with van der Waals surface area (Å²) < 4.78 is 25.9. The van der Waals surface area contributed by atoms with Crippen molar-refractivity contribution in [3.05, 3.63) is 64.7 Å². The van der Waals surface area contributed by atoms with Crippen molar-refractivity contribution >= 4 is 39.1 Å². The van der Waals surface area contributed by atoms with Crippen molar-refractivity contribution in [1.82, 2.24) is 10.2 Å². The molecule has 0 aromatic heterocycles. The third kappa shape index (κ3) is 7.75. The van der Waals surface area contributed by atoms with Crippen LogP contribution in [0, 0.1) is 6.92 Å². The molecule has 0 bridgehead atoms. The number of carbonyl (C=O) groups is 2. The van der Waals surface area contributed by atoms with Gasteiger partial charge in [0.15, 0.2) is 0 Å². The molecular formula is C24H32ClN3O4S. The fourth-order valence-corrected chi connectivity index (χ4v) is 4.68. The van der Waals surface area contributed by atoms with E-state index in [0.717, 1.165) is 17.4 Å². The number of halogens is 1. The smallest absolute Gasteiger partial charge is 0.242 e. The van der Waals surface area contributed by atoms with Crippen LogP contribution in [0.5, 0.6) is 0 Å². The SMILES string of the molecule is CCC(C(=O)NC)N(Cc1ccc(C)cc1)C(=O)CCCN(c1ccc(Cl)cc1)S(C)(=O)=O. The molecule has 9 heteroatoms. The number of amides is 2. The number of nitrogens with zero attached hydrogens (tertiary/aromatic N) is 2. The van der Waals surface area contributed by atoms with Crippen LogP contribution < -0.4 is 9.62 Å². The summed E-state index contributed by atoms with van der Waals surface area (Å²) in [7, 11) is -1.99. The summed E-state index contributed by atoms with van der Waals surface area (Å²) >= 11 is 5.92. The van der Waals surface area contributed by atoms with Crippen LogP contribution in [0.25, 0.3) is 0 Å². The van der Waals surface area contributed by atoms with E-state index in [4.69, 9.17) is 11.6 Å². The van der Waals surface area contributed by atoms with Gasteiger partial charge in [0.05, 0.1) is 11.9 Å². The van der Waals surface area contributed by atoms with E-state index in [9.17, 15) is 18.0 Å². The third-order valence-corrected chi connectivity index (χ3v) is 6.82. The molecule has 33 heavy (non-hydrogen) atoms. The van der Waals surface area contributed by atoms with E-state index < -0.39 is 16.1 Å². The Balaban J connectivity index is 2.17. The van der Waals surface area contributed by atoms with E-state index in [1.165, 1.54) is 4.31 Å². The highest BCUT2D eigenvalue weighted by Crippen LogP contribution is 2.22. The van der Waals surface area contributed by atoms with Crippen LogP contribution in [-0.4, -0.2) is 51.0 Å². The zero-order valence-electron chi connectivity index (χ0n) is 19.5. The summed E-state index contributed by atoms with van der Waals surface area (Å²) in [5.41, 5.74) is 2.52. The fourth-order valence-electron chi connectivity index (χ4n) is 3.59. The molecule has 1 atom stereocenters. The molecule has 1 unspecified atom stereocenters. The number of aryl methyl sites for hydroxylation is 1. The second-order valence-electron chi connectivity index (χ2n) is 7.96. The number of hydrogen-bond acceptors (Lipinski definition) is 4. The number of nitrogens with one attached hydrogen (secondary N) is 1. The molecule has 0 aliphatic carbocycles. The highest BCUT2D eigenvalue weighted by atomic mass is 35.5. The quantitative estimate of drug-likeness (QED) is 0.516. The van der Waals surface area contributed by atoms with Crippen molar-refractivity contribution in [2.24, 2.45) is 0 Å². The largest absolute Gasteiger partial charge is 0.357 e. The highest BCUT2D eigenvalue weighted by Gasteiger charge is 2.28. The number of benzene rings is 2. The zero-order valence-corrected chi connectivity index (χ0v) is 21.1. The standard InChI is InChI=1S/C24H32ClN3O4S/c1-5-22(24(30)26-3)27(17-19-10-8-18(2)9-11-19)23(29)7-6-16-28(33(4,31)32)21-14-12-20(25)13-15-21/h8-15,22H,5-7,16-17H2,1-4H3,(H,26,30). The van der Waals surface area contributed by atoms with Crippen molar-refractivity contribution < 1.29 is 18.0 Å². The van der Waals surface area contributed by atoms with Crippen molar-refractivity contribution in [2.45, 2.75) is 45.7 Å². The topological polar surface area (TPSA) is 86.8 Å². The Morgan fingerprint density at radius 1 is 1.06 bits per heavy atom. The lowest BCUT2D eigenvalue weighted by molar-refractivity contribution is -0.141. The van der Waals surface area contributed by atoms with Crippen LogP contribution in [0.15, 0.2) is 48.5 Å². The van der Waals surface area contributed by atoms with E-state index in [0.29, 0.717) is 30.1 Å². The summed E-state index contributed by atoms with van der Waals surface area (Å²) in [5, 5.41) is 3.14. The first-order chi connectivity index (χ1) is 15.6. The Kier molecular flexibility index (Phi) is 9.73. The molecule has 2 amide bonds. The fraction of sp³-hybridized carbons (Fsp3) is 0.417. The maximum Gasteiger partial charge on any atom is 0.242 e. The minimum absolute atomic E-state index is 0.110. The number of likely N-dealkylation sites (N-methyl/N-ethyl adjacent to an activating group) is 1. The number of anilines is 1. The molecule has 0 saturated heterocycles. The Bertz CT molecular complexity index is 1040. The van der Waals surface area contributed by atoms with Gasteiger partial charge in [0.1, 0.15) is 6.04 Å². The lowest BCUT2D eigenvalue weighted by atomic mass is 10.1. The van der Waals surface area contributed by atoms with E-state index in [1.54, 1.807) is 36.2 Å². The van der Waals surface area contributed by atoms with Crippen LogP contribution in [0.2, 0.25) is 5.02 Å². The molecule has 180 valence electrons. The Morgan fingerprint density at radius 2 is 1.67 bits per heavy atom. The summed E-state index contributed by atoms with van der Waals surface area (Å²) in [6, 6.07) is 13.7. The van der Waals surface area contributed by atoms with Gasteiger partial charge in [0, 0.05) is 31.6 Å². The molecule has 0 radical (unpaired) electrons. The van der Waals surface area contributed by atoms with Crippen LogP contribution >= 0.6 is 11.6 Å². The van der Waals surface area contributed by atoms with Crippen LogP contribution in [0.1, 0.15) is 37.3 Å². The van der Waals surface area contributed by atoms with E-state index in [1.807, 2.05) is 38.1 Å². The van der Waals surface area contributed by atoms with Gasteiger partial charge in [-0.05, 0) is 49.6 Å². The first kappa shape index (κ1) is 26.7. The Hall–Kier alpha value is -2.58. The number of hydrogen-bond donors (Lipinski definition) is 1. The molecular weight excluding hydrogens is 462 g/mol. The molecule has 0 aliphatic rings. The average molecular weight is 494 g/mol. The van der Waals surface area contributed by atoms with Crippen LogP contribution in [0.4, 0.5) is 5.69 Å². The van der Waals surface area contributed by atoms with Crippen molar-refractivity contribution in [1.29, 1.82) is 0 Å². The van der Waals surface area contributed by atoms with E-state index in [2.05, 4.69) is 5.32 Å². The van der Waals surface area contributed by atoms with Gasteiger partial charge in [0.25, 0.3) is 0 Å². The van der Waals surface area contributed by atoms with Crippen LogP contribution in [0.3, 0.4) is 0 Å². The van der Waals surface area contributed by atoms with Gasteiger partial charge < -0.3 is 10.2 Å². The Labute approximate surface area is 201 Å². The molecule has 0 heterocycles. The predicted molar refractivity (Wildman–Crippen MR) is 133 cm³/mol. The molecule has 0 fully saturated rings. The molecule has 7 nitrogen and oxygen atoms in total. The molecule has 0 saturated carbocycles. The van der Waals surface area contributed by atoms with Gasteiger partial charge in [-0.1, -0.05) is 48.4 Å². The molecule has 0 spiro atoms. The molecule has 2 aromatic carbocycles. The number of sulfonamides is 1. The van der Waals surface area contributed by atoms with Crippen molar-refractivity contribution in [2.75, 3.05) is 24.2 Å². The molecule has 2 aromatic rings. The lowest BCUT2D eigenvalue weighted by Crippen LogP contribution is -2.48. The number of rotatable bonds is 11. The minimum Gasteiger partial charge on any atom is -0.357 e. The van der Waals surface area contributed by atoms with E-state index in [-0.39, 0.29) is 24.8 Å². The third-order valence-electron chi connectivity index (χ3n) is 5.37. The normalized spacial score (nSPS) is 12.2. The van der Waals surface area contributed by atoms with Crippen molar-refractivity contribution in [3.8, 4) is 0 Å². The van der Waals surface area contributed by atoms with Gasteiger partial charge in [-0.25, -0.2) is 8.42 Å². The van der Waals surface area contributed by atoms with Gasteiger partial charge in [0.2, 0.25) is 21.8 Å². The monoisotopic (exact) mass is 493 g/mol. The maximum absolute atomic E-state index is 13.2. The first-order valence-electron chi connectivity index (χ1n) is 10.9. The first-order valence-corrected chi connectivity index (χ1v) is 13.1.